The highest BCUT2D eigenvalue weighted by Gasteiger charge is 2.26. The van der Waals surface area contributed by atoms with E-state index in [-0.39, 0.29) is 5.91 Å². The summed E-state index contributed by atoms with van der Waals surface area (Å²) in [5, 5.41) is 3.59. The number of carbonyl (C=O) groups is 1. The van der Waals surface area contributed by atoms with Gasteiger partial charge in [0, 0.05) is 0 Å². The highest BCUT2D eigenvalue weighted by atomic mass is 32.2. The highest BCUT2D eigenvalue weighted by molar-refractivity contribution is 8.18. The molecular formula is C19H22N2O4S. The minimum atomic E-state index is -0.113. The van der Waals surface area contributed by atoms with Gasteiger partial charge < -0.3 is 19.5 Å². The summed E-state index contributed by atoms with van der Waals surface area (Å²) < 4.78 is 16.7. The zero-order valence-electron chi connectivity index (χ0n) is 14.7. The lowest BCUT2D eigenvalue weighted by molar-refractivity contribution is -0.115. The highest BCUT2D eigenvalue weighted by Crippen LogP contribution is 2.41. The summed E-state index contributed by atoms with van der Waals surface area (Å²) in [6.07, 6.45) is 7.79. The fraction of sp³-hybridized carbons (Fsp3) is 0.474. The van der Waals surface area contributed by atoms with Gasteiger partial charge in [0.1, 0.15) is 13.2 Å². The first kappa shape index (κ1) is 17.3. The lowest BCUT2D eigenvalue weighted by Crippen LogP contribution is -2.22. The number of nitrogens with zero attached hydrogens (tertiary/aromatic N) is 1. The number of amides is 1. The van der Waals surface area contributed by atoms with Crippen molar-refractivity contribution in [2.75, 3.05) is 20.3 Å². The number of fused-ring (bicyclic) bond motifs is 1. The third-order valence-corrected chi connectivity index (χ3v) is 5.60. The van der Waals surface area contributed by atoms with Crippen molar-refractivity contribution in [1.82, 2.24) is 5.32 Å². The summed E-state index contributed by atoms with van der Waals surface area (Å²) in [5.74, 6) is 1.75. The zero-order valence-corrected chi connectivity index (χ0v) is 15.6. The smallest absolute Gasteiger partial charge is 0.264 e. The van der Waals surface area contributed by atoms with Crippen LogP contribution in [0.25, 0.3) is 6.08 Å². The van der Waals surface area contributed by atoms with Gasteiger partial charge >= 0.3 is 0 Å². The second kappa shape index (κ2) is 7.61. The molecule has 0 atom stereocenters. The van der Waals surface area contributed by atoms with Crippen molar-refractivity contribution in [3.8, 4) is 17.2 Å². The van der Waals surface area contributed by atoms with Crippen LogP contribution < -0.4 is 19.5 Å². The predicted molar refractivity (Wildman–Crippen MR) is 102 cm³/mol. The molecule has 6 nitrogen and oxygen atoms in total. The number of methoxy groups -OCH3 is 1. The number of amidine groups is 1. The van der Waals surface area contributed by atoms with Crippen LogP contribution in [0.5, 0.6) is 17.2 Å². The van der Waals surface area contributed by atoms with Crippen molar-refractivity contribution in [3.63, 3.8) is 0 Å². The third kappa shape index (κ3) is 3.67. The first-order valence-electron chi connectivity index (χ1n) is 8.99. The molecule has 1 aromatic carbocycles. The van der Waals surface area contributed by atoms with Crippen LogP contribution in [0.4, 0.5) is 0 Å². The van der Waals surface area contributed by atoms with Gasteiger partial charge in [-0.2, -0.15) is 0 Å². The first-order chi connectivity index (χ1) is 12.7. The van der Waals surface area contributed by atoms with Crippen LogP contribution in [0.3, 0.4) is 0 Å². The molecule has 0 unspecified atom stereocenters. The molecule has 1 amide bonds. The standard InChI is InChI=1S/C19H22N2O4S/c1-23-14-9-12(10-15-17(14)25-8-7-24-15)11-16-18(22)21-19(26-16)20-13-5-3-2-4-6-13/h9-11,13H,2-8H2,1H3,(H,20,21,22)/b16-11-. The number of thioether (sulfide) groups is 1. The molecule has 7 heteroatoms. The van der Waals surface area contributed by atoms with E-state index in [9.17, 15) is 4.79 Å². The minimum absolute atomic E-state index is 0.113. The van der Waals surface area contributed by atoms with Crippen LogP contribution >= 0.6 is 11.8 Å². The number of benzene rings is 1. The van der Waals surface area contributed by atoms with Crippen molar-refractivity contribution >= 4 is 28.9 Å². The number of aliphatic imine (C=N–C) groups is 1. The van der Waals surface area contributed by atoms with Gasteiger partial charge in [0.2, 0.25) is 5.75 Å². The molecule has 1 aromatic rings. The molecule has 0 radical (unpaired) electrons. The van der Waals surface area contributed by atoms with Gasteiger partial charge in [0.15, 0.2) is 16.7 Å². The normalized spacial score (nSPS) is 23.3. The molecule has 1 saturated carbocycles. The SMILES string of the molecule is COc1cc(/C=C2\SC(=NC3CCCCC3)NC2=O)cc2c1OCCO2. The van der Waals surface area contributed by atoms with Gasteiger partial charge in [-0.25, -0.2) is 0 Å². The monoisotopic (exact) mass is 374 g/mol. The Bertz CT molecular complexity index is 752. The van der Waals surface area contributed by atoms with Crippen LogP contribution in [-0.4, -0.2) is 37.4 Å². The Morgan fingerprint density at radius 3 is 2.85 bits per heavy atom. The molecule has 0 spiro atoms. The number of nitrogens with one attached hydrogen (secondary N) is 1. The van der Waals surface area contributed by atoms with E-state index in [1.807, 2.05) is 18.2 Å². The van der Waals surface area contributed by atoms with Gasteiger partial charge in [0.25, 0.3) is 5.91 Å². The summed E-state index contributed by atoms with van der Waals surface area (Å²) in [6, 6.07) is 4.05. The Labute approximate surface area is 157 Å². The minimum Gasteiger partial charge on any atom is -0.493 e. The molecule has 2 fully saturated rings. The van der Waals surface area contributed by atoms with Crippen LogP contribution in [0, 0.1) is 0 Å². The van der Waals surface area contributed by atoms with Crippen LogP contribution in [0.1, 0.15) is 37.7 Å². The number of ether oxygens (including phenoxy) is 3. The lowest BCUT2D eigenvalue weighted by Gasteiger charge is -2.21. The molecule has 0 bridgehead atoms. The summed E-state index contributed by atoms with van der Waals surface area (Å²) in [6.45, 7) is 1.01. The fourth-order valence-corrected chi connectivity index (χ4v) is 4.28. The second-order valence-corrected chi connectivity index (χ2v) is 7.57. The van der Waals surface area contributed by atoms with E-state index in [0.29, 0.717) is 46.6 Å². The maximum atomic E-state index is 12.3. The topological polar surface area (TPSA) is 69.2 Å². The number of rotatable bonds is 3. The van der Waals surface area contributed by atoms with E-state index in [2.05, 4.69) is 5.32 Å². The average molecular weight is 374 g/mol. The van der Waals surface area contributed by atoms with Crippen LogP contribution in [0.15, 0.2) is 22.0 Å². The Kier molecular flexibility index (Phi) is 5.06. The molecule has 1 N–H and O–H groups in total. The molecule has 2 aliphatic heterocycles. The van der Waals surface area contributed by atoms with E-state index in [1.165, 1.54) is 31.0 Å². The Morgan fingerprint density at radius 1 is 1.23 bits per heavy atom. The van der Waals surface area contributed by atoms with E-state index >= 15 is 0 Å². The second-order valence-electron chi connectivity index (χ2n) is 6.54. The molecule has 1 saturated heterocycles. The van der Waals surface area contributed by atoms with Crippen molar-refractivity contribution in [3.05, 3.63) is 22.6 Å². The Morgan fingerprint density at radius 2 is 2.04 bits per heavy atom. The maximum Gasteiger partial charge on any atom is 0.264 e. The third-order valence-electron chi connectivity index (χ3n) is 4.67. The number of hydrogen-bond donors (Lipinski definition) is 1. The van der Waals surface area contributed by atoms with Gasteiger partial charge in [-0.15, -0.1) is 0 Å². The summed E-state index contributed by atoms with van der Waals surface area (Å²) in [4.78, 5) is 17.6. The fourth-order valence-electron chi connectivity index (χ4n) is 3.39. The number of hydrogen-bond acceptors (Lipinski definition) is 6. The van der Waals surface area contributed by atoms with Crippen molar-refractivity contribution in [1.29, 1.82) is 0 Å². The molecule has 3 aliphatic rings. The molecule has 26 heavy (non-hydrogen) atoms. The molecule has 1 aliphatic carbocycles. The van der Waals surface area contributed by atoms with Gasteiger partial charge in [-0.1, -0.05) is 19.3 Å². The van der Waals surface area contributed by atoms with E-state index in [1.54, 1.807) is 7.11 Å². The van der Waals surface area contributed by atoms with E-state index in [0.717, 1.165) is 18.4 Å². The largest absolute Gasteiger partial charge is 0.493 e. The van der Waals surface area contributed by atoms with Gasteiger partial charge in [-0.3, -0.25) is 9.79 Å². The van der Waals surface area contributed by atoms with Crippen molar-refractivity contribution < 1.29 is 19.0 Å². The van der Waals surface area contributed by atoms with Crippen LogP contribution in [-0.2, 0) is 4.79 Å². The first-order valence-corrected chi connectivity index (χ1v) is 9.81. The molecule has 138 valence electrons. The molecule has 2 heterocycles. The van der Waals surface area contributed by atoms with Crippen molar-refractivity contribution in [2.24, 2.45) is 4.99 Å². The summed E-state index contributed by atoms with van der Waals surface area (Å²) in [5.41, 5.74) is 0.836. The molecule has 0 aromatic heterocycles. The summed E-state index contributed by atoms with van der Waals surface area (Å²) in [7, 11) is 1.59. The average Bonchev–Trinajstić information content (AvgIpc) is 3.00. The number of carbonyl (C=O) groups excluding carboxylic acids is 1. The lowest BCUT2D eigenvalue weighted by atomic mass is 9.96. The zero-order chi connectivity index (χ0) is 17.9. The van der Waals surface area contributed by atoms with Crippen LogP contribution in [0.2, 0.25) is 0 Å². The summed E-state index contributed by atoms with van der Waals surface area (Å²) >= 11 is 1.40. The molecular weight excluding hydrogens is 352 g/mol. The predicted octanol–water partition coefficient (Wildman–Crippen LogP) is 3.36. The van der Waals surface area contributed by atoms with E-state index < -0.39 is 0 Å². The molecule has 4 rings (SSSR count). The quantitative estimate of drug-likeness (QED) is 0.822. The maximum absolute atomic E-state index is 12.3. The Balaban J connectivity index is 1.56. The van der Waals surface area contributed by atoms with E-state index in [4.69, 9.17) is 19.2 Å². The van der Waals surface area contributed by atoms with Crippen molar-refractivity contribution in [2.45, 2.75) is 38.1 Å². The van der Waals surface area contributed by atoms with Gasteiger partial charge in [0.05, 0.1) is 18.1 Å². The van der Waals surface area contributed by atoms with Gasteiger partial charge in [-0.05, 0) is 48.4 Å². The Hall–Kier alpha value is -2.15.